The van der Waals surface area contributed by atoms with Crippen LogP contribution < -0.4 is 5.32 Å². The van der Waals surface area contributed by atoms with E-state index in [9.17, 15) is 0 Å². The first kappa shape index (κ1) is 16.3. The maximum atomic E-state index is 5.85. The largest absolute Gasteiger partial charge is 0.465 e. The second-order valence-corrected chi connectivity index (χ2v) is 6.08. The maximum Gasteiger partial charge on any atom is 0.118 e. The van der Waals surface area contributed by atoms with E-state index in [1.807, 2.05) is 6.92 Å². The molecule has 0 aliphatic heterocycles. The van der Waals surface area contributed by atoms with Crippen molar-refractivity contribution in [2.24, 2.45) is 11.8 Å². The van der Waals surface area contributed by atoms with Gasteiger partial charge in [-0.15, -0.1) is 0 Å². The van der Waals surface area contributed by atoms with Crippen molar-refractivity contribution in [3.05, 3.63) is 23.2 Å². The molecular formula is C16H29NO2. The Morgan fingerprint density at radius 3 is 2.47 bits per heavy atom. The number of ether oxygens (including phenoxy) is 1. The van der Waals surface area contributed by atoms with E-state index in [1.165, 1.54) is 0 Å². The molecule has 0 fully saturated rings. The highest BCUT2D eigenvalue weighted by Gasteiger charge is 2.11. The van der Waals surface area contributed by atoms with Crippen LogP contribution in [-0.2, 0) is 17.9 Å². The Balaban J connectivity index is 2.45. The summed E-state index contributed by atoms with van der Waals surface area (Å²) in [6.45, 7) is 15.3. The highest BCUT2D eigenvalue weighted by molar-refractivity contribution is 5.20. The van der Waals surface area contributed by atoms with E-state index in [2.05, 4.69) is 46.0 Å². The van der Waals surface area contributed by atoms with Gasteiger partial charge in [-0.3, -0.25) is 0 Å². The molecule has 0 aliphatic rings. The predicted molar refractivity (Wildman–Crippen MR) is 79.1 cm³/mol. The third-order valence-corrected chi connectivity index (χ3v) is 3.36. The van der Waals surface area contributed by atoms with E-state index in [-0.39, 0.29) is 6.10 Å². The number of furan rings is 1. The second kappa shape index (κ2) is 7.71. The van der Waals surface area contributed by atoms with Gasteiger partial charge < -0.3 is 14.5 Å². The molecule has 1 heterocycles. The van der Waals surface area contributed by atoms with Crippen molar-refractivity contribution in [3.8, 4) is 0 Å². The van der Waals surface area contributed by atoms with Crippen molar-refractivity contribution < 1.29 is 9.15 Å². The molecule has 19 heavy (non-hydrogen) atoms. The molecule has 0 spiro atoms. The third-order valence-electron chi connectivity index (χ3n) is 3.36. The highest BCUT2D eigenvalue weighted by atomic mass is 16.5. The number of nitrogens with one attached hydrogen (secondary N) is 1. The van der Waals surface area contributed by atoms with Crippen LogP contribution in [0.25, 0.3) is 0 Å². The van der Waals surface area contributed by atoms with Crippen molar-refractivity contribution in [2.45, 2.75) is 60.8 Å². The molecule has 1 aromatic rings. The molecule has 1 unspecified atom stereocenters. The van der Waals surface area contributed by atoms with Crippen LogP contribution in [0.4, 0.5) is 0 Å². The summed E-state index contributed by atoms with van der Waals surface area (Å²) in [7, 11) is 0. The molecule has 0 saturated heterocycles. The summed E-state index contributed by atoms with van der Waals surface area (Å²) in [6.07, 6.45) is 0.275. The molecule has 1 N–H and O–H groups in total. The van der Waals surface area contributed by atoms with Crippen LogP contribution in [0.2, 0.25) is 0 Å². The van der Waals surface area contributed by atoms with Crippen molar-refractivity contribution in [2.75, 3.05) is 6.54 Å². The van der Waals surface area contributed by atoms with Gasteiger partial charge in [-0.1, -0.05) is 27.7 Å². The lowest BCUT2D eigenvalue weighted by molar-refractivity contribution is 0.0230. The molecule has 1 rings (SSSR count). The van der Waals surface area contributed by atoms with Gasteiger partial charge >= 0.3 is 0 Å². The van der Waals surface area contributed by atoms with Crippen molar-refractivity contribution in [1.82, 2.24) is 5.32 Å². The standard InChI is InChI=1S/C16H29NO2/c1-11(2)8-17-9-16-7-15(14(6)19-16)10-18-13(5)12(3)4/h7,11-13,17H,8-10H2,1-6H3. The number of rotatable bonds is 8. The van der Waals surface area contributed by atoms with Gasteiger partial charge in [0, 0.05) is 5.56 Å². The van der Waals surface area contributed by atoms with Gasteiger partial charge in [0.1, 0.15) is 11.5 Å². The first-order valence-electron chi connectivity index (χ1n) is 7.30. The van der Waals surface area contributed by atoms with Gasteiger partial charge in [0.15, 0.2) is 0 Å². The van der Waals surface area contributed by atoms with Crippen LogP contribution in [0, 0.1) is 18.8 Å². The van der Waals surface area contributed by atoms with E-state index < -0.39 is 0 Å². The molecule has 0 bridgehead atoms. The summed E-state index contributed by atoms with van der Waals surface area (Å²) in [6, 6.07) is 2.11. The Kier molecular flexibility index (Phi) is 6.59. The SMILES string of the molecule is Cc1oc(CNCC(C)C)cc1COC(C)C(C)C. The predicted octanol–water partition coefficient (Wildman–Crippen LogP) is 3.89. The van der Waals surface area contributed by atoms with Crippen molar-refractivity contribution in [1.29, 1.82) is 0 Å². The molecule has 0 amide bonds. The lowest BCUT2D eigenvalue weighted by Gasteiger charge is -2.15. The zero-order valence-electron chi connectivity index (χ0n) is 13.2. The summed E-state index contributed by atoms with van der Waals surface area (Å²) >= 11 is 0. The number of aryl methyl sites for hydroxylation is 1. The van der Waals surface area contributed by atoms with Gasteiger partial charge in [0.05, 0.1) is 19.3 Å². The molecule has 0 aliphatic carbocycles. The quantitative estimate of drug-likeness (QED) is 0.776. The van der Waals surface area contributed by atoms with Crippen molar-refractivity contribution in [3.63, 3.8) is 0 Å². The molecule has 1 atom stereocenters. The van der Waals surface area contributed by atoms with E-state index in [0.717, 1.165) is 30.2 Å². The van der Waals surface area contributed by atoms with E-state index in [1.54, 1.807) is 0 Å². The van der Waals surface area contributed by atoms with E-state index >= 15 is 0 Å². The van der Waals surface area contributed by atoms with Gasteiger partial charge in [-0.05, 0) is 38.3 Å². The maximum absolute atomic E-state index is 5.85. The average Bonchev–Trinajstić information content (AvgIpc) is 2.66. The third kappa shape index (κ3) is 5.79. The number of hydrogen-bond donors (Lipinski definition) is 1. The summed E-state index contributed by atoms with van der Waals surface area (Å²) in [5.41, 5.74) is 1.16. The zero-order valence-corrected chi connectivity index (χ0v) is 13.2. The van der Waals surface area contributed by atoms with Gasteiger partial charge in [0.25, 0.3) is 0 Å². The zero-order chi connectivity index (χ0) is 14.4. The highest BCUT2D eigenvalue weighted by Crippen LogP contribution is 2.17. The van der Waals surface area contributed by atoms with Crippen LogP contribution in [0.1, 0.15) is 51.7 Å². The van der Waals surface area contributed by atoms with E-state index in [4.69, 9.17) is 9.15 Å². The summed E-state index contributed by atoms with van der Waals surface area (Å²) in [5, 5.41) is 3.39. The van der Waals surface area contributed by atoms with Crippen molar-refractivity contribution >= 4 is 0 Å². The molecule has 3 heteroatoms. The fourth-order valence-electron chi connectivity index (χ4n) is 1.72. The fourth-order valence-corrected chi connectivity index (χ4v) is 1.72. The molecule has 3 nitrogen and oxygen atoms in total. The topological polar surface area (TPSA) is 34.4 Å². The van der Waals surface area contributed by atoms with Gasteiger partial charge in [-0.2, -0.15) is 0 Å². The van der Waals surface area contributed by atoms with Crippen LogP contribution in [0.15, 0.2) is 10.5 Å². The molecule has 1 aromatic heterocycles. The number of hydrogen-bond acceptors (Lipinski definition) is 3. The molecule has 0 radical (unpaired) electrons. The Morgan fingerprint density at radius 1 is 1.21 bits per heavy atom. The fraction of sp³-hybridized carbons (Fsp3) is 0.750. The molecular weight excluding hydrogens is 238 g/mol. The van der Waals surface area contributed by atoms with Crippen LogP contribution in [0.5, 0.6) is 0 Å². The first-order chi connectivity index (χ1) is 8.90. The lowest BCUT2D eigenvalue weighted by Crippen LogP contribution is -2.18. The van der Waals surface area contributed by atoms with E-state index in [0.29, 0.717) is 18.4 Å². The first-order valence-corrected chi connectivity index (χ1v) is 7.30. The van der Waals surface area contributed by atoms with Gasteiger partial charge in [-0.25, -0.2) is 0 Å². The van der Waals surface area contributed by atoms with Gasteiger partial charge in [0.2, 0.25) is 0 Å². The normalized spacial score (nSPS) is 13.5. The Labute approximate surface area is 117 Å². The molecule has 0 saturated carbocycles. The summed E-state index contributed by atoms with van der Waals surface area (Å²) in [5.74, 6) is 3.16. The summed E-state index contributed by atoms with van der Waals surface area (Å²) < 4.78 is 11.6. The summed E-state index contributed by atoms with van der Waals surface area (Å²) in [4.78, 5) is 0. The Morgan fingerprint density at radius 2 is 1.89 bits per heavy atom. The minimum Gasteiger partial charge on any atom is -0.465 e. The Bertz CT molecular complexity index is 369. The Hall–Kier alpha value is -0.800. The minimum absolute atomic E-state index is 0.275. The second-order valence-electron chi connectivity index (χ2n) is 6.08. The molecule has 110 valence electrons. The van der Waals surface area contributed by atoms with Crippen LogP contribution in [-0.4, -0.2) is 12.6 Å². The van der Waals surface area contributed by atoms with Crippen LogP contribution >= 0.6 is 0 Å². The van der Waals surface area contributed by atoms with Crippen LogP contribution in [0.3, 0.4) is 0 Å². The monoisotopic (exact) mass is 267 g/mol. The smallest absolute Gasteiger partial charge is 0.118 e. The average molecular weight is 267 g/mol. The lowest BCUT2D eigenvalue weighted by atomic mass is 10.1. The molecule has 0 aromatic carbocycles. The minimum atomic E-state index is 0.275.